The Hall–Kier alpha value is -1.31. The Kier molecular flexibility index (Phi) is 4.94. The van der Waals surface area contributed by atoms with E-state index in [1.807, 2.05) is 24.3 Å². The van der Waals surface area contributed by atoms with E-state index < -0.39 is 0 Å². The maximum atomic E-state index is 12.2. The number of ether oxygens (including phenoxy) is 1. The lowest BCUT2D eigenvalue weighted by Crippen LogP contribution is -2.14. The zero-order valence-electron chi connectivity index (χ0n) is 12.1. The predicted molar refractivity (Wildman–Crippen MR) is 75.2 cm³/mol. The van der Waals surface area contributed by atoms with Crippen LogP contribution in [0.25, 0.3) is 0 Å². The standard InChI is InChI=1S/C16H24O2/c1-12(11-16(2,3)4)10-14(17)13-8-6-7-9-15(13)18-5/h6-9,12H,10-11H2,1-5H3. The quantitative estimate of drug-likeness (QED) is 0.724. The molecule has 0 saturated carbocycles. The molecule has 18 heavy (non-hydrogen) atoms. The highest BCUT2D eigenvalue weighted by molar-refractivity contribution is 5.98. The minimum absolute atomic E-state index is 0.171. The first kappa shape index (κ1) is 14.7. The van der Waals surface area contributed by atoms with Crippen molar-refractivity contribution >= 4 is 5.78 Å². The van der Waals surface area contributed by atoms with Crippen LogP contribution in [0.5, 0.6) is 5.75 Å². The van der Waals surface area contributed by atoms with Crippen LogP contribution in [-0.4, -0.2) is 12.9 Å². The molecule has 0 saturated heterocycles. The summed E-state index contributed by atoms with van der Waals surface area (Å²) >= 11 is 0. The van der Waals surface area contributed by atoms with Crippen molar-refractivity contribution in [3.05, 3.63) is 29.8 Å². The van der Waals surface area contributed by atoms with Crippen LogP contribution >= 0.6 is 0 Å². The van der Waals surface area contributed by atoms with Gasteiger partial charge >= 0.3 is 0 Å². The lowest BCUT2D eigenvalue weighted by molar-refractivity contribution is 0.0951. The van der Waals surface area contributed by atoms with Gasteiger partial charge in [-0.2, -0.15) is 0 Å². The van der Waals surface area contributed by atoms with Crippen LogP contribution in [0.4, 0.5) is 0 Å². The molecule has 1 aromatic rings. The molecule has 100 valence electrons. The van der Waals surface area contributed by atoms with Gasteiger partial charge in [-0.05, 0) is 29.9 Å². The van der Waals surface area contributed by atoms with Crippen molar-refractivity contribution in [2.75, 3.05) is 7.11 Å². The van der Waals surface area contributed by atoms with Crippen LogP contribution in [0.15, 0.2) is 24.3 Å². The molecule has 1 aromatic carbocycles. The molecule has 2 nitrogen and oxygen atoms in total. The van der Waals surface area contributed by atoms with Gasteiger partial charge in [0.05, 0.1) is 12.7 Å². The Bertz CT molecular complexity index is 402. The Morgan fingerprint density at radius 2 is 1.89 bits per heavy atom. The third-order valence-electron chi connectivity index (χ3n) is 2.90. The van der Waals surface area contributed by atoms with Crippen molar-refractivity contribution in [3.8, 4) is 5.75 Å². The van der Waals surface area contributed by atoms with E-state index in [0.717, 1.165) is 6.42 Å². The number of hydrogen-bond acceptors (Lipinski definition) is 2. The van der Waals surface area contributed by atoms with Gasteiger partial charge in [-0.3, -0.25) is 4.79 Å². The fourth-order valence-corrected chi connectivity index (χ4v) is 2.42. The van der Waals surface area contributed by atoms with E-state index in [-0.39, 0.29) is 11.2 Å². The summed E-state index contributed by atoms with van der Waals surface area (Å²) < 4.78 is 5.23. The molecular weight excluding hydrogens is 224 g/mol. The van der Waals surface area contributed by atoms with E-state index >= 15 is 0 Å². The van der Waals surface area contributed by atoms with Crippen LogP contribution in [0.3, 0.4) is 0 Å². The lowest BCUT2D eigenvalue weighted by Gasteiger charge is -2.22. The van der Waals surface area contributed by atoms with Crippen LogP contribution in [0.1, 0.15) is 50.9 Å². The minimum atomic E-state index is 0.171. The number of para-hydroxylation sites is 1. The normalized spacial score (nSPS) is 13.2. The van der Waals surface area contributed by atoms with Crippen molar-refractivity contribution < 1.29 is 9.53 Å². The molecule has 0 N–H and O–H groups in total. The highest BCUT2D eigenvalue weighted by atomic mass is 16.5. The topological polar surface area (TPSA) is 26.3 Å². The Labute approximate surface area is 110 Å². The number of methoxy groups -OCH3 is 1. The van der Waals surface area contributed by atoms with Crippen molar-refractivity contribution in [2.45, 2.75) is 40.5 Å². The van der Waals surface area contributed by atoms with Gasteiger partial charge in [0.1, 0.15) is 5.75 Å². The summed E-state index contributed by atoms with van der Waals surface area (Å²) in [6.07, 6.45) is 1.63. The number of carbonyl (C=O) groups excluding carboxylic acids is 1. The van der Waals surface area contributed by atoms with E-state index in [0.29, 0.717) is 23.7 Å². The smallest absolute Gasteiger partial charge is 0.166 e. The van der Waals surface area contributed by atoms with Crippen molar-refractivity contribution in [2.24, 2.45) is 11.3 Å². The number of hydrogen-bond donors (Lipinski definition) is 0. The SMILES string of the molecule is COc1ccccc1C(=O)CC(C)CC(C)(C)C. The molecule has 0 amide bonds. The summed E-state index contributed by atoms with van der Waals surface area (Å²) in [5.74, 6) is 1.23. The first-order valence-electron chi connectivity index (χ1n) is 6.49. The third kappa shape index (κ3) is 4.52. The van der Waals surface area contributed by atoms with E-state index in [9.17, 15) is 4.79 Å². The summed E-state index contributed by atoms with van der Waals surface area (Å²) in [4.78, 5) is 12.2. The zero-order chi connectivity index (χ0) is 13.8. The second-order valence-corrected chi connectivity index (χ2v) is 6.20. The maximum Gasteiger partial charge on any atom is 0.166 e. The van der Waals surface area contributed by atoms with Gasteiger partial charge in [0.15, 0.2) is 5.78 Å². The summed E-state index contributed by atoms with van der Waals surface area (Å²) in [6, 6.07) is 7.44. The Balaban J connectivity index is 2.71. The third-order valence-corrected chi connectivity index (χ3v) is 2.90. The molecule has 0 aliphatic carbocycles. The highest BCUT2D eigenvalue weighted by Gasteiger charge is 2.19. The summed E-state index contributed by atoms with van der Waals surface area (Å²) in [5.41, 5.74) is 0.960. The van der Waals surface area contributed by atoms with Gasteiger partial charge in [0.25, 0.3) is 0 Å². The molecule has 0 aliphatic rings. The largest absolute Gasteiger partial charge is 0.496 e. The monoisotopic (exact) mass is 248 g/mol. The maximum absolute atomic E-state index is 12.2. The molecular formula is C16H24O2. The van der Waals surface area contributed by atoms with Gasteiger partial charge in [0.2, 0.25) is 0 Å². The van der Waals surface area contributed by atoms with E-state index in [2.05, 4.69) is 27.7 Å². The second kappa shape index (κ2) is 6.03. The van der Waals surface area contributed by atoms with Gasteiger partial charge in [-0.15, -0.1) is 0 Å². The number of carbonyl (C=O) groups is 1. The van der Waals surface area contributed by atoms with Crippen LogP contribution < -0.4 is 4.74 Å². The fraction of sp³-hybridized carbons (Fsp3) is 0.562. The molecule has 0 spiro atoms. The molecule has 0 bridgehead atoms. The average Bonchev–Trinajstić information content (AvgIpc) is 2.26. The number of ketones is 1. The summed E-state index contributed by atoms with van der Waals surface area (Å²) in [5, 5.41) is 0. The number of benzene rings is 1. The first-order valence-corrected chi connectivity index (χ1v) is 6.49. The fourth-order valence-electron chi connectivity index (χ4n) is 2.42. The number of rotatable bonds is 5. The van der Waals surface area contributed by atoms with Crippen molar-refractivity contribution in [1.82, 2.24) is 0 Å². The molecule has 0 radical (unpaired) electrons. The van der Waals surface area contributed by atoms with Gasteiger partial charge in [-0.25, -0.2) is 0 Å². The second-order valence-electron chi connectivity index (χ2n) is 6.20. The molecule has 0 heterocycles. The molecule has 2 heteroatoms. The predicted octanol–water partition coefficient (Wildman–Crippen LogP) is 4.34. The van der Waals surface area contributed by atoms with E-state index in [4.69, 9.17) is 4.74 Å². The molecule has 1 atom stereocenters. The van der Waals surface area contributed by atoms with E-state index in [1.54, 1.807) is 7.11 Å². The molecule has 0 fully saturated rings. The highest BCUT2D eigenvalue weighted by Crippen LogP contribution is 2.28. The zero-order valence-corrected chi connectivity index (χ0v) is 12.1. The van der Waals surface area contributed by atoms with Crippen LogP contribution in [-0.2, 0) is 0 Å². The molecule has 0 aromatic heterocycles. The minimum Gasteiger partial charge on any atom is -0.496 e. The first-order chi connectivity index (χ1) is 8.33. The van der Waals surface area contributed by atoms with E-state index in [1.165, 1.54) is 0 Å². The molecule has 1 unspecified atom stereocenters. The molecule has 0 aliphatic heterocycles. The van der Waals surface area contributed by atoms with Gasteiger partial charge in [0, 0.05) is 6.42 Å². The van der Waals surface area contributed by atoms with Gasteiger partial charge < -0.3 is 4.74 Å². The van der Waals surface area contributed by atoms with Crippen LogP contribution in [0.2, 0.25) is 0 Å². The summed E-state index contributed by atoms with van der Waals surface area (Å²) in [6.45, 7) is 8.75. The summed E-state index contributed by atoms with van der Waals surface area (Å²) in [7, 11) is 1.60. The lowest BCUT2D eigenvalue weighted by atomic mass is 9.83. The Morgan fingerprint density at radius 3 is 2.44 bits per heavy atom. The number of Topliss-reactive ketones (excluding diaryl/α,β-unsaturated/α-hetero) is 1. The average molecular weight is 248 g/mol. The van der Waals surface area contributed by atoms with Crippen LogP contribution in [0, 0.1) is 11.3 Å². The van der Waals surface area contributed by atoms with Gasteiger partial charge in [-0.1, -0.05) is 39.8 Å². The van der Waals surface area contributed by atoms with Crippen molar-refractivity contribution in [1.29, 1.82) is 0 Å². The molecule has 1 rings (SSSR count). The van der Waals surface area contributed by atoms with Crippen molar-refractivity contribution in [3.63, 3.8) is 0 Å². The Morgan fingerprint density at radius 1 is 1.28 bits per heavy atom.